The molecule has 0 spiro atoms. The van der Waals surface area contributed by atoms with Crippen LogP contribution in [0.25, 0.3) is 0 Å². The van der Waals surface area contributed by atoms with E-state index in [2.05, 4.69) is 25.6 Å². The molecule has 3 rings (SSSR count). The first kappa shape index (κ1) is 23.0. The van der Waals surface area contributed by atoms with Gasteiger partial charge < -0.3 is 15.1 Å². The highest BCUT2D eigenvalue weighted by molar-refractivity contribution is 7.88. The number of nitrogens with one attached hydrogen (secondary N) is 3. The van der Waals surface area contributed by atoms with Crippen LogP contribution in [0.5, 0.6) is 0 Å². The Morgan fingerprint density at radius 2 is 1.65 bits per heavy atom. The van der Waals surface area contributed by atoms with E-state index in [1.165, 1.54) is 0 Å². The number of rotatable bonds is 8. The van der Waals surface area contributed by atoms with Crippen molar-refractivity contribution in [2.24, 2.45) is 0 Å². The van der Waals surface area contributed by atoms with Crippen molar-refractivity contribution in [3.8, 4) is 0 Å². The van der Waals surface area contributed by atoms with Gasteiger partial charge in [0.05, 0.1) is 12.8 Å². The van der Waals surface area contributed by atoms with Gasteiger partial charge in [-0.15, -0.1) is 10.2 Å². The summed E-state index contributed by atoms with van der Waals surface area (Å²) >= 11 is 11.8. The lowest BCUT2D eigenvalue weighted by Gasteiger charge is -2.16. The highest BCUT2D eigenvalue weighted by Gasteiger charge is 2.22. The average Bonchev–Trinajstić information content (AvgIpc) is 3.18. The fraction of sp³-hybridized carbons (Fsp3) is 0.211. The number of benzene rings is 2. The summed E-state index contributed by atoms with van der Waals surface area (Å²) < 4.78 is 30.4. The van der Waals surface area contributed by atoms with Gasteiger partial charge in [0.2, 0.25) is 21.8 Å². The Kier molecular flexibility index (Phi) is 7.50. The summed E-state index contributed by atoms with van der Waals surface area (Å²) in [4.78, 5) is 12.5. The van der Waals surface area contributed by atoms with Gasteiger partial charge in [-0.3, -0.25) is 0 Å². The number of carbonyl (C=O) groups is 1. The summed E-state index contributed by atoms with van der Waals surface area (Å²) in [6.07, 6.45) is 1.36. The zero-order valence-corrected chi connectivity index (χ0v) is 18.6. The standard InChI is InChI=1S/C19H19Cl2N5O4S/c1-31(28,29)22-11-17-25-26-18(30-17)16(10-12-2-4-13(20)5-3-12)24-19(27)23-15-8-6-14(21)7-9-15/h2-9,16,22H,10-11H2,1H3,(H2,23,24,27)/t16-/m0/s1. The van der Waals surface area contributed by atoms with Crippen molar-refractivity contribution in [3.63, 3.8) is 0 Å². The van der Waals surface area contributed by atoms with Gasteiger partial charge in [-0.1, -0.05) is 35.3 Å². The van der Waals surface area contributed by atoms with Crippen LogP contribution in [-0.4, -0.2) is 30.9 Å². The highest BCUT2D eigenvalue weighted by Crippen LogP contribution is 2.20. The maximum Gasteiger partial charge on any atom is 0.319 e. The van der Waals surface area contributed by atoms with E-state index in [4.69, 9.17) is 27.6 Å². The van der Waals surface area contributed by atoms with Crippen molar-refractivity contribution in [1.29, 1.82) is 0 Å². The molecule has 0 fully saturated rings. The second kappa shape index (κ2) is 10.1. The van der Waals surface area contributed by atoms with Crippen LogP contribution in [0.4, 0.5) is 10.5 Å². The summed E-state index contributed by atoms with van der Waals surface area (Å²) in [5.74, 6) is 0.202. The number of anilines is 1. The number of carbonyl (C=O) groups excluding carboxylic acids is 1. The van der Waals surface area contributed by atoms with Gasteiger partial charge in [0.15, 0.2) is 0 Å². The van der Waals surface area contributed by atoms with Crippen LogP contribution >= 0.6 is 23.2 Å². The number of amides is 2. The Morgan fingerprint density at radius 3 is 2.26 bits per heavy atom. The molecule has 0 saturated heterocycles. The largest absolute Gasteiger partial charge is 0.422 e. The van der Waals surface area contributed by atoms with E-state index in [0.29, 0.717) is 22.2 Å². The molecular weight excluding hydrogens is 465 g/mol. The smallest absolute Gasteiger partial charge is 0.319 e. The quantitative estimate of drug-likeness (QED) is 0.449. The van der Waals surface area contributed by atoms with Crippen LogP contribution in [0.3, 0.4) is 0 Å². The second-order valence-corrected chi connectivity index (χ2v) is 9.32. The molecule has 3 N–H and O–H groups in total. The van der Waals surface area contributed by atoms with Gasteiger partial charge >= 0.3 is 6.03 Å². The molecule has 3 aromatic rings. The van der Waals surface area contributed by atoms with Crippen LogP contribution in [0.15, 0.2) is 52.9 Å². The zero-order valence-electron chi connectivity index (χ0n) is 16.3. The first-order valence-electron chi connectivity index (χ1n) is 9.02. The lowest BCUT2D eigenvalue weighted by molar-refractivity contribution is 0.245. The molecule has 0 aliphatic carbocycles. The normalized spacial score (nSPS) is 12.4. The van der Waals surface area contributed by atoms with Gasteiger partial charge in [0.25, 0.3) is 0 Å². The Hall–Kier alpha value is -2.66. The number of hydrogen-bond donors (Lipinski definition) is 3. The molecule has 1 aromatic heterocycles. The molecular formula is C19H19Cl2N5O4S. The molecule has 0 radical (unpaired) electrons. The van der Waals surface area contributed by atoms with Crippen molar-refractivity contribution in [2.75, 3.05) is 11.6 Å². The van der Waals surface area contributed by atoms with Crippen molar-refractivity contribution >= 4 is 44.9 Å². The van der Waals surface area contributed by atoms with Crippen LogP contribution in [0.2, 0.25) is 10.0 Å². The Bertz CT molecular complexity index is 1130. The van der Waals surface area contributed by atoms with Crippen molar-refractivity contribution < 1.29 is 17.6 Å². The summed E-state index contributed by atoms with van der Waals surface area (Å²) in [5, 5.41) is 14.4. The number of nitrogens with zero attached hydrogens (tertiary/aromatic N) is 2. The van der Waals surface area contributed by atoms with E-state index in [0.717, 1.165) is 11.8 Å². The Balaban J connectivity index is 1.75. The van der Waals surface area contributed by atoms with Gasteiger partial charge in [-0.25, -0.2) is 17.9 Å². The summed E-state index contributed by atoms with van der Waals surface area (Å²) in [6, 6.07) is 12.6. The van der Waals surface area contributed by atoms with E-state index < -0.39 is 22.1 Å². The lowest BCUT2D eigenvalue weighted by Crippen LogP contribution is -2.34. The van der Waals surface area contributed by atoms with E-state index in [9.17, 15) is 13.2 Å². The predicted octanol–water partition coefficient (Wildman–Crippen LogP) is 3.53. The molecule has 0 aliphatic heterocycles. The summed E-state index contributed by atoms with van der Waals surface area (Å²) in [7, 11) is -3.42. The Labute approximate surface area is 189 Å². The van der Waals surface area contributed by atoms with Gasteiger partial charge in [0.1, 0.15) is 6.04 Å². The second-order valence-electron chi connectivity index (χ2n) is 6.62. The molecule has 31 heavy (non-hydrogen) atoms. The maximum atomic E-state index is 12.5. The molecule has 164 valence electrons. The fourth-order valence-corrected chi connectivity index (χ4v) is 3.22. The lowest BCUT2D eigenvalue weighted by atomic mass is 10.1. The van der Waals surface area contributed by atoms with E-state index in [-0.39, 0.29) is 18.3 Å². The predicted molar refractivity (Wildman–Crippen MR) is 117 cm³/mol. The third kappa shape index (κ3) is 7.51. The highest BCUT2D eigenvalue weighted by atomic mass is 35.5. The molecule has 0 unspecified atom stereocenters. The van der Waals surface area contributed by atoms with Crippen LogP contribution < -0.4 is 15.4 Å². The molecule has 0 saturated carbocycles. The molecule has 2 aromatic carbocycles. The summed E-state index contributed by atoms with van der Waals surface area (Å²) in [6.45, 7) is -0.156. The van der Waals surface area contributed by atoms with Gasteiger partial charge in [-0.2, -0.15) is 0 Å². The summed E-state index contributed by atoms with van der Waals surface area (Å²) in [5.41, 5.74) is 1.42. The first-order chi connectivity index (χ1) is 14.7. The molecule has 12 heteroatoms. The minimum atomic E-state index is -3.42. The van der Waals surface area contributed by atoms with Crippen LogP contribution in [-0.2, 0) is 23.0 Å². The topological polar surface area (TPSA) is 126 Å². The molecule has 0 aliphatic rings. The zero-order chi connectivity index (χ0) is 22.4. The van der Waals surface area contributed by atoms with Gasteiger partial charge in [-0.05, 0) is 42.0 Å². The third-order valence-corrected chi connectivity index (χ3v) is 5.20. The van der Waals surface area contributed by atoms with Crippen LogP contribution in [0.1, 0.15) is 23.4 Å². The van der Waals surface area contributed by atoms with Crippen molar-refractivity contribution in [3.05, 3.63) is 75.9 Å². The number of aromatic nitrogens is 2. The van der Waals surface area contributed by atoms with Crippen molar-refractivity contribution in [1.82, 2.24) is 20.2 Å². The first-order valence-corrected chi connectivity index (χ1v) is 11.7. The Morgan fingerprint density at radius 1 is 1.03 bits per heavy atom. The molecule has 1 heterocycles. The molecule has 0 bridgehead atoms. The van der Waals surface area contributed by atoms with E-state index >= 15 is 0 Å². The van der Waals surface area contributed by atoms with E-state index in [1.54, 1.807) is 36.4 Å². The number of halogens is 2. The maximum absolute atomic E-state index is 12.5. The fourth-order valence-electron chi connectivity index (χ4n) is 2.59. The average molecular weight is 484 g/mol. The van der Waals surface area contributed by atoms with E-state index in [1.807, 2.05) is 12.1 Å². The SMILES string of the molecule is CS(=O)(=O)NCc1nnc([C@H](Cc2ccc(Cl)cc2)NC(=O)Nc2ccc(Cl)cc2)o1. The number of urea groups is 1. The minimum absolute atomic E-state index is 0.0708. The number of sulfonamides is 1. The molecule has 2 amide bonds. The van der Waals surface area contributed by atoms with Crippen LogP contribution in [0, 0.1) is 0 Å². The monoisotopic (exact) mass is 483 g/mol. The third-order valence-electron chi connectivity index (χ3n) is 4.03. The van der Waals surface area contributed by atoms with Gasteiger partial charge in [0, 0.05) is 22.2 Å². The minimum Gasteiger partial charge on any atom is -0.422 e. The van der Waals surface area contributed by atoms with Crippen molar-refractivity contribution in [2.45, 2.75) is 19.0 Å². The molecule has 9 nitrogen and oxygen atoms in total. The molecule has 1 atom stereocenters. The number of hydrogen-bond acceptors (Lipinski definition) is 6.